The Morgan fingerprint density at radius 3 is 2.79 bits per heavy atom. The predicted molar refractivity (Wildman–Crippen MR) is 114 cm³/mol. The Morgan fingerprint density at radius 2 is 2.07 bits per heavy atom. The Morgan fingerprint density at radius 1 is 1.25 bits per heavy atom. The van der Waals surface area contributed by atoms with Gasteiger partial charge in [0.15, 0.2) is 0 Å². The molecule has 148 valence electrons. The summed E-state index contributed by atoms with van der Waals surface area (Å²) >= 11 is 12.8. The molecule has 2 aromatic heterocycles. The third kappa shape index (κ3) is 3.96. The molecule has 0 unspecified atom stereocenters. The van der Waals surface area contributed by atoms with E-state index >= 15 is 0 Å². The molecule has 4 rings (SSSR count). The van der Waals surface area contributed by atoms with E-state index in [1.165, 1.54) is 0 Å². The summed E-state index contributed by atoms with van der Waals surface area (Å²) < 4.78 is 5.44. The van der Waals surface area contributed by atoms with Crippen LogP contribution in [-0.2, 0) is 4.74 Å². The number of nitrogens with one attached hydrogen (secondary N) is 1. The summed E-state index contributed by atoms with van der Waals surface area (Å²) in [7, 11) is 0. The zero-order valence-corrected chi connectivity index (χ0v) is 17.3. The van der Waals surface area contributed by atoms with E-state index in [0.29, 0.717) is 15.6 Å². The lowest BCUT2D eigenvalue weighted by Gasteiger charge is -2.30. The molecule has 0 bridgehead atoms. The van der Waals surface area contributed by atoms with Crippen LogP contribution in [0.5, 0.6) is 0 Å². The van der Waals surface area contributed by atoms with Crippen LogP contribution >= 0.6 is 23.2 Å². The lowest BCUT2D eigenvalue weighted by atomic mass is 10.0. The SMILES string of the molecule is CCN(CCN1CCOCC1)c1cc(-c2cn[nH]c2)c2ccc(Cl)c(Cl)c2n1. The maximum absolute atomic E-state index is 6.52. The van der Waals surface area contributed by atoms with E-state index in [9.17, 15) is 0 Å². The molecule has 0 atom stereocenters. The zero-order valence-electron chi connectivity index (χ0n) is 15.8. The van der Waals surface area contributed by atoms with Gasteiger partial charge in [0.1, 0.15) is 5.82 Å². The monoisotopic (exact) mass is 419 g/mol. The molecule has 6 nitrogen and oxygen atoms in total. The molecule has 1 fully saturated rings. The highest BCUT2D eigenvalue weighted by Gasteiger charge is 2.17. The molecule has 0 spiro atoms. The lowest BCUT2D eigenvalue weighted by molar-refractivity contribution is 0.0392. The predicted octanol–water partition coefficient (Wildman–Crippen LogP) is 4.09. The molecule has 0 radical (unpaired) electrons. The molecule has 1 N–H and O–H groups in total. The molecule has 28 heavy (non-hydrogen) atoms. The van der Waals surface area contributed by atoms with Gasteiger partial charge in [-0.3, -0.25) is 10.00 Å². The fraction of sp³-hybridized carbons (Fsp3) is 0.400. The molecule has 0 aliphatic carbocycles. The second kappa shape index (κ2) is 8.66. The van der Waals surface area contributed by atoms with Crippen LogP contribution < -0.4 is 4.90 Å². The van der Waals surface area contributed by atoms with Gasteiger partial charge in [-0.2, -0.15) is 5.10 Å². The van der Waals surface area contributed by atoms with Crippen molar-refractivity contribution in [1.29, 1.82) is 0 Å². The molecule has 3 heterocycles. The van der Waals surface area contributed by atoms with E-state index in [0.717, 1.165) is 68.3 Å². The van der Waals surface area contributed by atoms with Crippen molar-refractivity contribution in [1.82, 2.24) is 20.1 Å². The van der Waals surface area contributed by atoms with E-state index < -0.39 is 0 Å². The molecule has 1 aliphatic rings. The van der Waals surface area contributed by atoms with Crippen molar-refractivity contribution in [2.75, 3.05) is 50.8 Å². The number of aromatic nitrogens is 3. The highest BCUT2D eigenvalue weighted by atomic mass is 35.5. The quantitative estimate of drug-likeness (QED) is 0.651. The normalized spacial score (nSPS) is 15.2. The molecule has 1 aromatic carbocycles. The smallest absolute Gasteiger partial charge is 0.129 e. The first-order chi connectivity index (χ1) is 13.7. The summed E-state index contributed by atoms with van der Waals surface area (Å²) in [5.41, 5.74) is 2.75. The van der Waals surface area contributed by atoms with Crippen LogP contribution in [-0.4, -0.2) is 66.0 Å². The van der Waals surface area contributed by atoms with Crippen molar-refractivity contribution in [3.05, 3.63) is 40.6 Å². The van der Waals surface area contributed by atoms with Crippen LogP contribution in [0, 0.1) is 0 Å². The summed E-state index contributed by atoms with van der Waals surface area (Å²) in [4.78, 5) is 9.57. The second-order valence-corrected chi connectivity index (χ2v) is 7.59. The standard InChI is InChI=1S/C20H23Cl2N5O/c1-2-27(6-5-26-7-9-28-10-8-26)18-11-16(14-12-23-24-13-14)15-3-4-17(21)19(22)20(15)25-18/h3-4,11-13H,2,5-10H2,1H3,(H,23,24). The minimum atomic E-state index is 0.481. The minimum absolute atomic E-state index is 0.481. The number of nitrogens with zero attached hydrogens (tertiary/aromatic N) is 4. The van der Waals surface area contributed by atoms with Gasteiger partial charge in [0, 0.05) is 49.9 Å². The van der Waals surface area contributed by atoms with Crippen molar-refractivity contribution >= 4 is 39.9 Å². The number of pyridine rings is 1. The summed E-state index contributed by atoms with van der Waals surface area (Å²) in [6, 6.07) is 5.89. The van der Waals surface area contributed by atoms with Crippen molar-refractivity contribution in [2.24, 2.45) is 0 Å². The topological polar surface area (TPSA) is 57.3 Å². The van der Waals surface area contributed by atoms with E-state index in [2.05, 4.69) is 33.0 Å². The van der Waals surface area contributed by atoms with Gasteiger partial charge in [-0.05, 0) is 24.6 Å². The largest absolute Gasteiger partial charge is 0.379 e. The van der Waals surface area contributed by atoms with Crippen LogP contribution in [0.15, 0.2) is 30.6 Å². The number of morpholine rings is 1. The van der Waals surface area contributed by atoms with Gasteiger partial charge in [-0.15, -0.1) is 0 Å². The van der Waals surface area contributed by atoms with Gasteiger partial charge in [0.2, 0.25) is 0 Å². The van der Waals surface area contributed by atoms with Crippen LogP contribution in [0.2, 0.25) is 10.0 Å². The number of benzene rings is 1. The van der Waals surface area contributed by atoms with Gasteiger partial charge in [-0.1, -0.05) is 29.3 Å². The van der Waals surface area contributed by atoms with Crippen molar-refractivity contribution < 1.29 is 4.74 Å². The number of anilines is 1. The molecule has 1 saturated heterocycles. The van der Waals surface area contributed by atoms with Gasteiger partial charge >= 0.3 is 0 Å². The molecular formula is C20H23Cl2N5O. The number of halogens is 2. The average molecular weight is 420 g/mol. The number of hydrogen-bond acceptors (Lipinski definition) is 5. The Hall–Kier alpha value is -1.86. The number of rotatable bonds is 6. The minimum Gasteiger partial charge on any atom is -0.379 e. The van der Waals surface area contributed by atoms with Crippen LogP contribution in [0.1, 0.15) is 6.92 Å². The molecule has 8 heteroatoms. The van der Waals surface area contributed by atoms with E-state index in [4.69, 9.17) is 32.9 Å². The number of aromatic amines is 1. The van der Waals surface area contributed by atoms with Crippen molar-refractivity contribution in [3.8, 4) is 11.1 Å². The summed E-state index contributed by atoms with van der Waals surface area (Å²) in [5.74, 6) is 0.892. The van der Waals surface area contributed by atoms with Crippen LogP contribution in [0.4, 0.5) is 5.82 Å². The zero-order chi connectivity index (χ0) is 19.5. The average Bonchev–Trinajstić information content (AvgIpc) is 3.26. The maximum atomic E-state index is 6.52. The first-order valence-corrected chi connectivity index (χ1v) is 10.3. The van der Waals surface area contributed by atoms with E-state index in [1.807, 2.05) is 24.5 Å². The number of H-pyrrole nitrogens is 1. The molecule has 1 aliphatic heterocycles. The van der Waals surface area contributed by atoms with Crippen LogP contribution in [0.25, 0.3) is 22.0 Å². The number of hydrogen-bond donors (Lipinski definition) is 1. The second-order valence-electron chi connectivity index (χ2n) is 6.81. The first-order valence-electron chi connectivity index (χ1n) is 9.50. The van der Waals surface area contributed by atoms with Gasteiger partial charge < -0.3 is 9.64 Å². The van der Waals surface area contributed by atoms with Crippen molar-refractivity contribution in [2.45, 2.75) is 6.92 Å². The number of fused-ring (bicyclic) bond motifs is 1. The molecule has 0 saturated carbocycles. The van der Waals surface area contributed by atoms with Gasteiger partial charge in [0.05, 0.1) is 35.0 Å². The summed E-state index contributed by atoms with van der Waals surface area (Å²) in [6.07, 6.45) is 3.69. The van der Waals surface area contributed by atoms with Gasteiger partial charge in [-0.25, -0.2) is 4.98 Å². The molecular weight excluding hydrogens is 397 g/mol. The summed E-state index contributed by atoms with van der Waals surface area (Å²) in [5, 5.41) is 8.94. The Labute approximate surface area is 174 Å². The third-order valence-corrected chi connectivity index (χ3v) is 5.96. The lowest BCUT2D eigenvalue weighted by Crippen LogP contribution is -2.41. The van der Waals surface area contributed by atoms with Gasteiger partial charge in [0.25, 0.3) is 0 Å². The fourth-order valence-electron chi connectivity index (χ4n) is 3.54. The summed E-state index contributed by atoms with van der Waals surface area (Å²) in [6.45, 7) is 8.42. The van der Waals surface area contributed by atoms with Crippen LogP contribution in [0.3, 0.4) is 0 Å². The van der Waals surface area contributed by atoms with E-state index in [-0.39, 0.29) is 0 Å². The fourth-order valence-corrected chi connectivity index (χ4v) is 3.90. The third-order valence-electron chi connectivity index (χ3n) is 5.16. The first kappa shape index (κ1) is 19.5. The number of likely N-dealkylation sites (N-methyl/N-ethyl adjacent to an activating group) is 1. The molecule has 0 amide bonds. The highest BCUT2D eigenvalue weighted by Crippen LogP contribution is 2.37. The maximum Gasteiger partial charge on any atom is 0.129 e. The number of ether oxygens (including phenoxy) is 1. The molecule has 3 aromatic rings. The Bertz CT molecular complexity index is 941. The van der Waals surface area contributed by atoms with Crippen molar-refractivity contribution in [3.63, 3.8) is 0 Å². The Kier molecular flexibility index (Phi) is 6.01. The van der Waals surface area contributed by atoms with E-state index in [1.54, 1.807) is 0 Å². The Balaban J connectivity index is 1.71. The highest BCUT2D eigenvalue weighted by molar-refractivity contribution is 6.45.